The summed E-state index contributed by atoms with van der Waals surface area (Å²) in [6.45, 7) is 5.28. The molecule has 0 saturated carbocycles. The molecule has 0 amide bonds. The molecule has 11 heteroatoms. The molecule has 0 radical (unpaired) electrons. The van der Waals surface area contributed by atoms with Crippen molar-refractivity contribution >= 4 is 16.9 Å². The summed E-state index contributed by atoms with van der Waals surface area (Å²) in [6.07, 6.45) is -0.381. The number of rotatable bonds is 4. The molecule has 1 atom stereocenters. The van der Waals surface area contributed by atoms with Gasteiger partial charge in [0, 0.05) is 28.8 Å². The Bertz CT molecular complexity index is 1470. The maximum absolute atomic E-state index is 14.4. The molecule has 0 spiro atoms. The number of carbonyl (C=O) groups excluding carboxylic acids is 1. The molecule has 0 aliphatic carbocycles. The number of carbonyl (C=O) groups is 1. The molecule has 1 unspecified atom stereocenters. The normalized spacial score (nSPS) is 16.0. The molecular formula is C25H28FN5O5. The van der Waals surface area contributed by atoms with Gasteiger partial charge in [0.25, 0.3) is 5.56 Å². The molecule has 0 saturated heterocycles. The van der Waals surface area contributed by atoms with Crippen LogP contribution in [0.15, 0.2) is 34.9 Å². The number of esters is 1. The Morgan fingerprint density at radius 3 is 2.69 bits per heavy atom. The van der Waals surface area contributed by atoms with E-state index >= 15 is 0 Å². The summed E-state index contributed by atoms with van der Waals surface area (Å²) in [4.78, 5) is 29.7. The smallest absolute Gasteiger partial charge is 0.340 e. The molecule has 2 aliphatic heterocycles. The maximum atomic E-state index is 14.4. The number of nitrogens with zero attached hydrogens (tertiary/aromatic N) is 3. The van der Waals surface area contributed by atoms with Gasteiger partial charge >= 0.3 is 5.97 Å². The number of ether oxygens (including phenoxy) is 1. The SMILES string of the molecule is CC.Cc1cc2c(CN(N)/C(=C\N)CO)c3c(nc2cc1F)-c1cc2c(c(=O)n1C3)COC(=O)C2O. The number of aliphatic hydroxyl groups excluding tert-OH is 2. The average molecular weight is 498 g/mol. The molecule has 0 bridgehead atoms. The van der Waals surface area contributed by atoms with E-state index in [1.807, 2.05) is 13.8 Å². The fourth-order valence-corrected chi connectivity index (χ4v) is 4.53. The number of aliphatic hydroxyl groups is 2. The number of halogens is 1. The minimum atomic E-state index is -1.58. The number of benzene rings is 1. The van der Waals surface area contributed by atoms with Gasteiger partial charge in [-0.2, -0.15) is 0 Å². The molecular weight excluding hydrogens is 469 g/mol. The van der Waals surface area contributed by atoms with Crippen molar-refractivity contribution in [2.24, 2.45) is 11.6 Å². The molecule has 2 aromatic heterocycles. The van der Waals surface area contributed by atoms with Crippen molar-refractivity contribution in [2.45, 2.75) is 46.6 Å². The molecule has 3 aromatic rings. The van der Waals surface area contributed by atoms with Crippen LogP contribution < -0.4 is 17.1 Å². The van der Waals surface area contributed by atoms with Crippen molar-refractivity contribution in [2.75, 3.05) is 6.61 Å². The summed E-state index contributed by atoms with van der Waals surface area (Å²) in [7, 11) is 0. The first-order chi connectivity index (χ1) is 17.2. The number of pyridine rings is 2. The second-order valence-electron chi connectivity index (χ2n) is 8.35. The summed E-state index contributed by atoms with van der Waals surface area (Å²) in [5, 5.41) is 21.8. The van der Waals surface area contributed by atoms with Crippen LogP contribution in [-0.4, -0.2) is 37.3 Å². The topological polar surface area (TPSA) is 157 Å². The lowest BCUT2D eigenvalue weighted by atomic mass is 9.97. The number of fused-ring (bicyclic) bond motifs is 5. The molecule has 190 valence electrons. The predicted molar refractivity (Wildman–Crippen MR) is 130 cm³/mol. The molecule has 10 nitrogen and oxygen atoms in total. The zero-order chi connectivity index (χ0) is 26.3. The van der Waals surface area contributed by atoms with Crippen LogP contribution in [0.1, 0.15) is 47.8 Å². The van der Waals surface area contributed by atoms with Crippen molar-refractivity contribution in [1.29, 1.82) is 0 Å². The van der Waals surface area contributed by atoms with E-state index in [1.165, 1.54) is 21.8 Å². The Hall–Kier alpha value is -3.80. The van der Waals surface area contributed by atoms with Crippen LogP contribution in [0, 0.1) is 12.7 Å². The minimum absolute atomic E-state index is 0.0999. The van der Waals surface area contributed by atoms with Crippen LogP contribution in [0.3, 0.4) is 0 Å². The fourth-order valence-electron chi connectivity index (χ4n) is 4.53. The summed E-state index contributed by atoms with van der Waals surface area (Å²) >= 11 is 0. The lowest BCUT2D eigenvalue weighted by Gasteiger charge is -2.23. The van der Waals surface area contributed by atoms with Crippen LogP contribution in [0.5, 0.6) is 0 Å². The number of aromatic nitrogens is 2. The largest absolute Gasteiger partial charge is 0.458 e. The second kappa shape index (κ2) is 9.69. The van der Waals surface area contributed by atoms with Gasteiger partial charge in [-0.05, 0) is 30.2 Å². The van der Waals surface area contributed by atoms with Gasteiger partial charge in [-0.1, -0.05) is 13.8 Å². The molecule has 36 heavy (non-hydrogen) atoms. The van der Waals surface area contributed by atoms with E-state index in [0.29, 0.717) is 39.0 Å². The number of cyclic esters (lactones) is 1. The minimum Gasteiger partial charge on any atom is -0.458 e. The average Bonchev–Trinajstić information content (AvgIpc) is 3.23. The summed E-state index contributed by atoms with van der Waals surface area (Å²) < 4.78 is 20.9. The number of aryl methyl sites for hydroxylation is 1. The summed E-state index contributed by atoms with van der Waals surface area (Å²) in [5.41, 5.74) is 8.78. The Kier molecular flexibility index (Phi) is 6.81. The Labute approximate surface area is 206 Å². The standard InChI is InChI=1S/C23H22FN5O5.C2H6/c1-10-2-12-14(7-29(26)11(5-25)8-30)15-6-28-19(20(15)27-18(12)4-17(10)24)3-13-16(22(28)32)9-34-23(33)21(13)31;1-2/h2-5,21,30-31H,6-9,25-26H2,1H3;1-2H3/b11-5-;. The van der Waals surface area contributed by atoms with Crippen LogP contribution in [0.25, 0.3) is 22.3 Å². The van der Waals surface area contributed by atoms with Crippen LogP contribution in [-0.2, 0) is 29.2 Å². The van der Waals surface area contributed by atoms with Crippen LogP contribution in [0.2, 0.25) is 0 Å². The van der Waals surface area contributed by atoms with E-state index in [2.05, 4.69) is 4.98 Å². The molecule has 1 aromatic carbocycles. The Balaban J connectivity index is 0.00000148. The molecule has 5 rings (SSSR count). The number of hydrogen-bond donors (Lipinski definition) is 4. The summed E-state index contributed by atoms with van der Waals surface area (Å²) in [5.74, 6) is 4.90. The van der Waals surface area contributed by atoms with E-state index in [4.69, 9.17) is 16.3 Å². The van der Waals surface area contributed by atoms with E-state index in [1.54, 1.807) is 19.1 Å². The first-order valence-electron chi connectivity index (χ1n) is 11.5. The van der Waals surface area contributed by atoms with Crippen LogP contribution >= 0.6 is 0 Å². The Morgan fingerprint density at radius 1 is 1.31 bits per heavy atom. The van der Waals surface area contributed by atoms with Gasteiger partial charge in [0.15, 0.2) is 6.10 Å². The predicted octanol–water partition coefficient (Wildman–Crippen LogP) is 1.46. The highest BCUT2D eigenvalue weighted by atomic mass is 19.1. The number of hydrazine groups is 1. The third-order valence-electron chi connectivity index (χ3n) is 6.41. The fraction of sp³-hybridized carbons (Fsp3) is 0.320. The first kappa shape index (κ1) is 25.3. The zero-order valence-electron chi connectivity index (χ0n) is 20.2. The van der Waals surface area contributed by atoms with Gasteiger partial charge in [-0.25, -0.2) is 20.0 Å². The quantitative estimate of drug-likeness (QED) is 0.186. The van der Waals surface area contributed by atoms with Crippen molar-refractivity contribution in [1.82, 2.24) is 14.6 Å². The van der Waals surface area contributed by atoms with Gasteiger partial charge in [-0.3, -0.25) is 4.79 Å². The van der Waals surface area contributed by atoms with Crippen molar-refractivity contribution in [3.05, 3.63) is 74.1 Å². The lowest BCUT2D eigenvalue weighted by Crippen LogP contribution is -2.33. The lowest BCUT2D eigenvalue weighted by molar-refractivity contribution is -0.157. The molecule has 2 aliphatic rings. The van der Waals surface area contributed by atoms with Gasteiger partial charge in [0.2, 0.25) is 0 Å². The number of hydrogen-bond acceptors (Lipinski definition) is 9. The molecule has 0 fully saturated rings. The highest BCUT2D eigenvalue weighted by molar-refractivity contribution is 5.89. The highest BCUT2D eigenvalue weighted by Gasteiger charge is 2.35. The second-order valence-corrected chi connectivity index (χ2v) is 8.35. The third kappa shape index (κ3) is 3.91. The van der Waals surface area contributed by atoms with E-state index in [-0.39, 0.29) is 43.1 Å². The monoisotopic (exact) mass is 497 g/mol. The van der Waals surface area contributed by atoms with Crippen molar-refractivity contribution in [3.63, 3.8) is 0 Å². The highest BCUT2D eigenvalue weighted by Crippen LogP contribution is 2.38. The van der Waals surface area contributed by atoms with E-state index in [0.717, 1.165) is 0 Å². The van der Waals surface area contributed by atoms with Crippen LogP contribution in [0.4, 0.5) is 4.39 Å². The maximum Gasteiger partial charge on any atom is 0.340 e. The van der Waals surface area contributed by atoms with Crippen molar-refractivity contribution < 1.29 is 24.1 Å². The first-order valence-corrected chi connectivity index (χ1v) is 11.5. The van der Waals surface area contributed by atoms with Gasteiger partial charge in [0.1, 0.15) is 12.4 Å². The molecule has 4 heterocycles. The number of nitrogens with two attached hydrogens (primary N) is 2. The molecule has 6 N–H and O–H groups in total. The van der Waals surface area contributed by atoms with E-state index in [9.17, 15) is 24.2 Å². The van der Waals surface area contributed by atoms with Gasteiger partial charge in [-0.15, -0.1) is 0 Å². The Morgan fingerprint density at radius 2 is 2.03 bits per heavy atom. The van der Waals surface area contributed by atoms with Gasteiger partial charge in [0.05, 0.1) is 47.9 Å². The van der Waals surface area contributed by atoms with Gasteiger partial charge < -0.3 is 30.3 Å². The zero-order valence-corrected chi connectivity index (χ0v) is 20.2. The van der Waals surface area contributed by atoms with E-state index < -0.39 is 23.4 Å². The summed E-state index contributed by atoms with van der Waals surface area (Å²) in [6, 6.07) is 4.53. The van der Waals surface area contributed by atoms with Crippen molar-refractivity contribution in [3.8, 4) is 11.4 Å². The third-order valence-corrected chi connectivity index (χ3v) is 6.41.